The molecular weight excluding hydrogens is 212 g/mol. The first-order valence-corrected chi connectivity index (χ1v) is 4.59. The van der Waals surface area contributed by atoms with Crippen molar-refractivity contribution in [1.29, 1.82) is 0 Å². The Morgan fingerprint density at radius 3 is 2.62 bits per heavy atom. The lowest BCUT2D eigenvalue weighted by molar-refractivity contribution is -0.151. The Hall–Kier alpha value is -1.92. The summed E-state index contributed by atoms with van der Waals surface area (Å²) in [6, 6.07) is 6.55. The molecule has 0 saturated carbocycles. The van der Waals surface area contributed by atoms with E-state index in [2.05, 4.69) is 4.84 Å². The van der Waals surface area contributed by atoms with Gasteiger partial charge in [-0.15, -0.1) is 0 Å². The highest BCUT2D eigenvalue weighted by Crippen LogP contribution is 2.11. The van der Waals surface area contributed by atoms with Crippen LogP contribution in [0.3, 0.4) is 0 Å². The van der Waals surface area contributed by atoms with Crippen LogP contribution in [0.1, 0.15) is 16.8 Å². The number of benzene rings is 1. The number of ether oxygens (including phenoxy) is 1. The van der Waals surface area contributed by atoms with E-state index in [-0.39, 0.29) is 13.0 Å². The molecule has 16 heavy (non-hydrogen) atoms. The second-order valence-electron chi connectivity index (χ2n) is 2.88. The molecule has 1 aromatic rings. The van der Waals surface area contributed by atoms with Gasteiger partial charge in [0, 0.05) is 5.56 Å². The topological polar surface area (TPSA) is 90.7 Å². The van der Waals surface area contributed by atoms with Gasteiger partial charge in [-0.3, -0.25) is 9.59 Å². The number of nitrogens with one attached hydrogen (secondary N) is 1. The average molecular weight is 224 g/mol. The van der Waals surface area contributed by atoms with E-state index in [1.165, 1.54) is 0 Å². The molecule has 6 heteroatoms. The van der Waals surface area contributed by atoms with E-state index in [0.29, 0.717) is 11.3 Å². The Labute approximate surface area is 92.3 Å². The van der Waals surface area contributed by atoms with Crippen molar-refractivity contribution in [1.82, 2.24) is 5.59 Å². The minimum atomic E-state index is -0.507. The maximum absolute atomic E-state index is 10.8. The summed E-state index contributed by atoms with van der Waals surface area (Å²) in [5.74, 6) is 4.85. The van der Waals surface area contributed by atoms with E-state index in [4.69, 9.17) is 10.6 Å². The Morgan fingerprint density at radius 1 is 1.38 bits per heavy atom. The Morgan fingerprint density at radius 2 is 2.06 bits per heavy atom. The van der Waals surface area contributed by atoms with Crippen LogP contribution in [0.4, 0.5) is 0 Å². The van der Waals surface area contributed by atoms with Crippen molar-refractivity contribution in [2.75, 3.05) is 6.61 Å². The number of nitrogens with two attached hydrogens (primary N) is 1. The summed E-state index contributed by atoms with van der Waals surface area (Å²) in [6.45, 7) is 0.181. The SMILES string of the molecule is NNOC(=O)CCOc1ccc(C=O)cc1. The van der Waals surface area contributed by atoms with Crippen molar-refractivity contribution in [3.8, 4) is 5.75 Å². The van der Waals surface area contributed by atoms with Gasteiger partial charge in [0.05, 0.1) is 13.0 Å². The first-order chi connectivity index (χ1) is 7.76. The zero-order chi connectivity index (χ0) is 11.8. The number of carbonyl (C=O) groups is 2. The van der Waals surface area contributed by atoms with E-state index in [9.17, 15) is 9.59 Å². The molecule has 0 amide bonds. The maximum atomic E-state index is 10.8. The molecule has 0 aromatic heterocycles. The van der Waals surface area contributed by atoms with E-state index in [1.54, 1.807) is 29.9 Å². The predicted octanol–water partition coefficient (Wildman–Crippen LogP) is 0.189. The van der Waals surface area contributed by atoms with Gasteiger partial charge in [-0.2, -0.15) is 0 Å². The molecule has 0 saturated heterocycles. The normalized spacial score (nSPS) is 9.56. The van der Waals surface area contributed by atoms with Gasteiger partial charge in [0.15, 0.2) is 0 Å². The van der Waals surface area contributed by atoms with Crippen LogP contribution in [0.25, 0.3) is 0 Å². The van der Waals surface area contributed by atoms with Gasteiger partial charge in [0.25, 0.3) is 0 Å². The van der Waals surface area contributed by atoms with Crippen LogP contribution in [0.5, 0.6) is 5.75 Å². The molecule has 0 spiro atoms. The third-order valence-corrected chi connectivity index (χ3v) is 1.76. The van der Waals surface area contributed by atoms with Gasteiger partial charge in [-0.1, -0.05) is 5.59 Å². The Bertz CT molecular complexity index is 350. The van der Waals surface area contributed by atoms with Crippen molar-refractivity contribution >= 4 is 12.3 Å². The first kappa shape index (κ1) is 12.2. The second-order valence-corrected chi connectivity index (χ2v) is 2.88. The van der Waals surface area contributed by atoms with E-state index >= 15 is 0 Å². The number of hydrogen-bond acceptors (Lipinski definition) is 6. The summed E-state index contributed by atoms with van der Waals surface area (Å²) in [5, 5.41) is 0. The molecule has 0 aliphatic rings. The summed E-state index contributed by atoms with van der Waals surface area (Å²) in [5.41, 5.74) is 2.36. The molecule has 0 aliphatic heterocycles. The molecule has 0 heterocycles. The summed E-state index contributed by atoms with van der Waals surface area (Å²) >= 11 is 0. The fourth-order valence-corrected chi connectivity index (χ4v) is 1.01. The number of carbonyl (C=O) groups excluding carboxylic acids is 2. The summed E-state index contributed by atoms with van der Waals surface area (Å²) in [4.78, 5) is 25.5. The first-order valence-electron chi connectivity index (χ1n) is 4.59. The number of aldehydes is 1. The maximum Gasteiger partial charge on any atom is 0.329 e. The highest BCUT2D eigenvalue weighted by molar-refractivity contribution is 5.74. The molecule has 3 N–H and O–H groups in total. The standard InChI is InChI=1S/C10H12N2O4/c11-12-16-10(14)5-6-15-9-3-1-8(7-13)2-4-9/h1-4,7,12H,5-6,11H2. The van der Waals surface area contributed by atoms with Gasteiger partial charge >= 0.3 is 5.97 Å². The summed E-state index contributed by atoms with van der Waals surface area (Å²) in [7, 11) is 0. The van der Waals surface area contributed by atoms with Gasteiger partial charge in [-0.25, -0.2) is 5.84 Å². The van der Waals surface area contributed by atoms with Gasteiger partial charge < -0.3 is 9.57 Å². The summed E-state index contributed by atoms with van der Waals surface area (Å²) < 4.78 is 5.24. The molecule has 0 fully saturated rings. The van der Waals surface area contributed by atoms with Crippen LogP contribution in [0.15, 0.2) is 24.3 Å². The molecule has 1 aromatic carbocycles. The molecule has 1 rings (SSSR count). The predicted molar refractivity (Wildman–Crippen MR) is 55.4 cm³/mol. The quantitative estimate of drug-likeness (QED) is 0.407. The second kappa shape index (κ2) is 6.54. The number of rotatable bonds is 6. The molecule has 86 valence electrons. The number of hydrazine groups is 1. The largest absolute Gasteiger partial charge is 0.493 e. The average Bonchev–Trinajstić information content (AvgIpc) is 2.30. The van der Waals surface area contributed by atoms with Crippen LogP contribution in [-0.2, 0) is 9.63 Å². The minimum Gasteiger partial charge on any atom is -0.493 e. The lowest BCUT2D eigenvalue weighted by Gasteiger charge is -2.05. The Kier molecular flexibility index (Phi) is 4.97. The highest BCUT2D eigenvalue weighted by Gasteiger charge is 2.02. The fourth-order valence-electron chi connectivity index (χ4n) is 1.01. The van der Waals surface area contributed by atoms with Crippen molar-refractivity contribution < 1.29 is 19.2 Å². The fraction of sp³-hybridized carbons (Fsp3) is 0.200. The van der Waals surface area contributed by atoms with E-state index in [1.807, 2.05) is 0 Å². The van der Waals surface area contributed by atoms with Gasteiger partial charge in [-0.05, 0) is 24.3 Å². The summed E-state index contributed by atoms with van der Waals surface area (Å²) in [6.07, 6.45) is 0.827. The van der Waals surface area contributed by atoms with Crippen molar-refractivity contribution in [3.63, 3.8) is 0 Å². The highest BCUT2D eigenvalue weighted by atomic mass is 16.7. The van der Waals surface area contributed by atoms with E-state index < -0.39 is 5.97 Å². The monoisotopic (exact) mass is 224 g/mol. The molecule has 0 bridgehead atoms. The van der Waals surface area contributed by atoms with Crippen LogP contribution < -0.4 is 16.2 Å². The molecule has 0 aliphatic carbocycles. The smallest absolute Gasteiger partial charge is 0.329 e. The van der Waals surface area contributed by atoms with Gasteiger partial charge in [0.2, 0.25) is 0 Å². The Balaban J connectivity index is 2.31. The van der Waals surface area contributed by atoms with Crippen LogP contribution in [-0.4, -0.2) is 18.9 Å². The van der Waals surface area contributed by atoms with Crippen LogP contribution >= 0.6 is 0 Å². The van der Waals surface area contributed by atoms with E-state index in [0.717, 1.165) is 6.29 Å². The number of hydrogen-bond donors (Lipinski definition) is 2. The molecular formula is C10H12N2O4. The third-order valence-electron chi connectivity index (χ3n) is 1.76. The van der Waals surface area contributed by atoms with Crippen molar-refractivity contribution in [2.24, 2.45) is 5.84 Å². The lowest BCUT2D eigenvalue weighted by Crippen LogP contribution is -2.26. The van der Waals surface area contributed by atoms with Gasteiger partial charge in [0.1, 0.15) is 12.0 Å². The van der Waals surface area contributed by atoms with Crippen LogP contribution in [0.2, 0.25) is 0 Å². The van der Waals surface area contributed by atoms with Crippen molar-refractivity contribution in [2.45, 2.75) is 6.42 Å². The minimum absolute atomic E-state index is 0.0830. The molecule has 0 atom stereocenters. The molecule has 0 unspecified atom stereocenters. The lowest BCUT2D eigenvalue weighted by atomic mass is 10.2. The molecule has 0 radical (unpaired) electrons. The zero-order valence-electron chi connectivity index (χ0n) is 8.51. The third kappa shape index (κ3) is 4.07. The van der Waals surface area contributed by atoms with Crippen molar-refractivity contribution in [3.05, 3.63) is 29.8 Å². The van der Waals surface area contributed by atoms with Crippen LogP contribution in [0, 0.1) is 0 Å². The zero-order valence-corrected chi connectivity index (χ0v) is 8.51. The molecule has 6 nitrogen and oxygen atoms in total.